The van der Waals surface area contributed by atoms with Crippen LogP contribution in [0.15, 0.2) is 30.4 Å². The van der Waals surface area contributed by atoms with E-state index in [-0.39, 0.29) is 12.6 Å². The van der Waals surface area contributed by atoms with Crippen molar-refractivity contribution >= 4 is 5.97 Å². The minimum absolute atomic E-state index is 0.171. The maximum atomic E-state index is 12.0. The van der Waals surface area contributed by atoms with E-state index in [2.05, 4.69) is 25.6 Å². The number of carbonyl (C=O) groups excluding carboxylic acids is 1. The number of aliphatic hydroxyl groups is 1. The van der Waals surface area contributed by atoms with E-state index in [4.69, 9.17) is 9.84 Å². The Labute approximate surface area is 152 Å². The van der Waals surface area contributed by atoms with Crippen LogP contribution in [0, 0.1) is 5.92 Å². The highest BCUT2D eigenvalue weighted by Crippen LogP contribution is 2.41. The van der Waals surface area contributed by atoms with Gasteiger partial charge < -0.3 is 9.84 Å². The Morgan fingerprint density at radius 3 is 2.60 bits per heavy atom. The van der Waals surface area contributed by atoms with Gasteiger partial charge in [0.2, 0.25) is 0 Å². The largest absolute Gasteiger partial charge is 0.423 e. The van der Waals surface area contributed by atoms with Crippen LogP contribution in [-0.2, 0) is 11.2 Å². The Hall–Kier alpha value is -1.61. The van der Waals surface area contributed by atoms with Crippen LogP contribution in [-0.4, -0.2) is 17.7 Å². The summed E-state index contributed by atoms with van der Waals surface area (Å²) in [6.45, 7) is 7.79. The SMILES string of the molecule is C=C(C)C(=O)Oc1cc(CCCO)ccc1C1CCC(CCC)CC1. The van der Waals surface area contributed by atoms with Crippen molar-refractivity contribution in [1.29, 1.82) is 0 Å². The quantitative estimate of drug-likeness (QED) is 0.402. The van der Waals surface area contributed by atoms with Crippen molar-refractivity contribution in [3.8, 4) is 5.75 Å². The average Bonchev–Trinajstić information content (AvgIpc) is 2.61. The number of aryl methyl sites for hydroxylation is 1. The molecular weight excluding hydrogens is 312 g/mol. The number of esters is 1. The second-order valence-electron chi connectivity index (χ2n) is 7.38. The van der Waals surface area contributed by atoms with Gasteiger partial charge in [0.05, 0.1) is 0 Å². The molecule has 1 saturated carbocycles. The fourth-order valence-electron chi connectivity index (χ4n) is 3.80. The third-order valence-electron chi connectivity index (χ3n) is 5.24. The van der Waals surface area contributed by atoms with Crippen LogP contribution in [0.25, 0.3) is 0 Å². The van der Waals surface area contributed by atoms with Gasteiger partial charge >= 0.3 is 5.97 Å². The van der Waals surface area contributed by atoms with E-state index in [1.165, 1.54) is 25.7 Å². The van der Waals surface area contributed by atoms with E-state index < -0.39 is 0 Å². The minimum Gasteiger partial charge on any atom is -0.423 e. The summed E-state index contributed by atoms with van der Waals surface area (Å²) < 4.78 is 5.65. The van der Waals surface area contributed by atoms with Crippen molar-refractivity contribution in [2.24, 2.45) is 5.92 Å². The molecule has 0 aromatic heterocycles. The molecule has 0 saturated heterocycles. The van der Waals surface area contributed by atoms with E-state index in [0.717, 1.165) is 42.7 Å². The van der Waals surface area contributed by atoms with Crippen LogP contribution in [0.5, 0.6) is 5.75 Å². The molecule has 0 spiro atoms. The van der Waals surface area contributed by atoms with Crippen molar-refractivity contribution in [1.82, 2.24) is 0 Å². The highest BCUT2D eigenvalue weighted by Gasteiger charge is 2.25. The normalized spacial score (nSPS) is 20.3. The molecule has 0 unspecified atom stereocenters. The zero-order valence-electron chi connectivity index (χ0n) is 15.7. The summed E-state index contributed by atoms with van der Waals surface area (Å²) in [7, 11) is 0. The Morgan fingerprint density at radius 1 is 1.28 bits per heavy atom. The zero-order chi connectivity index (χ0) is 18.2. The molecule has 0 heterocycles. The van der Waals surface area contributed by atoms with Crippen molar-refractivity contribution in [3.05, 3.63) is 41.5 Å². The first kappa shape index (κ1) is 19.7. The molecule has 0 amide bonds. The van der Waals surface area contributed by atoms with Gasteiger partial charge in [0.1, 0.15) is 5.75 Å². The number of ether oxygens (including phenoxy) is 1. The van der Waals surface area contributed by atoms with E-state index >= 15 is 0 Å². The highest BCUT2D eigenvalue weighted by molar-refractivity contribution is 5.89. The highest BCUT2D eigenvalue weighted by atomic mass is 16.5. The lowest BCUT2D eigenvalue weighted by Crippen LogP contribution is -2.16. The van der Waals surface area contributed by atoms with E-state index in [1.54, 1.807) is 6.92 Å². The summed E-state index contributed by atoms with van der Waals surface area (Å²) in [5.74, 6) is 1.64. The summed E-state index contributed by atoms with van der Waals surface area (Å²) in [6, 6.07) is 6.21. The fourth-order valence-corrected chi connectivity index (χ4v) is 3.80. The molecular formula is C22H32O3. The van der Waals surface area contributed by atoms with Crippen molar-refractivity contribution in [2.45, 2.75) is 71.1 Å². The molecule has 0 bridgehead atoms. The number of rotatable bonds is 8. The Balaban J connectivity index is 2.17. The van der Waals surface area contributed by atoms with E-state index in [1.807, 2.05) is 6.07 Å². The van der Waals surface area contributed by atoms with Crippen molar-refractivity contribution < 1.29 is 14.6 Å². The van der Waals surface area contributed by atoms with Crippen LogP contribution in [0.4, 0.5) is 0 Å². The molecule has 2 rings (SSSR count). The number of carbonyl (C=O) groups is 1. The van der Waals surface area contributed by atoms with Crippen LogP contribution in [0.2, 0.25) is 0 Å². The fraction of sp³-hybridized carbons (Fsp3) is 0.591. The van der Waals surface area contributed by atoms with Crippen LogP contribution in [0.1, 0.15) is 75.8 Å². The monoisotopic (exact) mass is 344 g/mol. The maximum Gasteiger partial charge on any atom is 0.338 e. The number of hydrogen-bond acceptors (Lipinski definition) is 3. The molecule has 138 valence electrons. The Kier molecular flexibility index (Phi) is 7.70. The molecule has 0 aliphatic heterocycles. The molecule has 25 heavy (non-hydrogen) atoms. The second kappa shape index (κ2) is 9.76. The molecule has 1 aliphatic carbocycles. The number of hydrogen-bond donors (Lipinski definition) is 1. The second-order valence-corrected chi connectivity index (χ2v) is 7.38. The van der Waals surface area contributed by atoms with Gasteiger partial charge in [-0.1, -0.05) is 38.5 Å². The smallest absolute Gasteiger partial charge is 0.338 e. The van der Waals surface area contributed by atoms with Gasteiger partial charge in [-0.15, -0.1) is 0 Å². The zero-order valence-corrected chi connectivity index (χ0v) is 15.7. The molecule has 1 N–H and O–H groups in total. The van der Waals surface area contributed by atoms with Gasteiger partial charge in [0.25, 0.3) is 0 Å². The van der Waals surface area contributed by atoms with Crippen LogP contribution < -0.4 is 4.74 Å². The minimum atomic E-state index is -0.361. The third kappa shape index (κ3) is 5.71. The van der Waals surface area contributed by atoms with Crippen molar-refractivity contribution in [2.75, 3.05) is 6.61 Å². The molecule has 1 aliphatic rings. The molecule has 1 fully saturated rings. The van der Waals surface area contributed by atoms with Gasteiger partial charge in [-0.25, -0.2) is 4.79 Å². The first-order valence-electron chi connectivity index (χ1n) is 9.66. The van der Waals surface area contributed by atoms with Gasteiger partial charge in [0, 0.05) is 12.2 Å². The lowest BCUT2D eigenvalue weighted by atomic mass is 9.77. The van der Waals surface area contributed by atoms with Crippen molar-refractivity contribution in [3.63, 3.8) is 0 Å². The van der Waals surface area contributed by atoms with Gasteiger partial charge in [0.15, 0.2) is 0 Å². The molecule has 1 aromatic rings. The lowest BCUT2D eigenvalue weighted by molar-refractivity contribution is -0.130. The topological polar surface area (TPSA) is 46.5 Å². The molecule has 1 aromatic carbocycles. The molecule has 3 nitrogen and oxygen atoms in total. The predicted molar refractivity (Wildman–Crippen MR) is 102 cm³/mol. The standard InChI is InChI=1S/C22H32O3/c1-4-6-17-8-11-19(12-9-17)20-13-10-18(7-5-14-23)15-21(20)25-22(24)16(2)3/h10,13,15,17,19,23H,2,4-9,11-12,14H2,1,3H3. The van der Waals surface area contributed by atoms with E-state index in [0.29, 0.717) is 17.2 Å². The summed E-state index contributed by atoms with van der Waals surface area (Å²) in [6.07, 6.45) is 8.95. The summed E-state index contributed by atoms with van der Waals surface area (Å²) >= 11 is 0. The first-order chi connectivity index (χ1) is 12.0. The molecule has 0 atom stereocenters. The van der Waals surface area contributed by atoms with Crippen LogP contribution in [0.3, 0.4) is 0 Å². The predicted octanol–water partition coefficient (Wildman–Crippen LogP) is 5.17. The molecule has 0 radical (unpaired) electrons. The van der Waals surface area contributed by atoms with Gasteiger partial charge in [-0.05, 0) is 74.5 Å². The lowest BCUT2D eigenvalue weighted by Gasteiger charge is -2.29. The van der Waals surface area contributed by atoms with Crippen LogP contribution >= 0.6 is 0 Å². The first-order valence-corrected chi connectivity index (χ1v) is 9.66. The van der Waals surface area contributed by atoms with Gasteiger partial charge in [-0.2, -0.15) is 0 Å². The third-order valence-corrected chi connectivity index (χ3v) is 5.24. The molecule has 3 heteroatoms. The Bertz CT molecular complexity index is 583. The Morgan fingerprint density at radius 2 is 2.00 bits per heavy atom. The number of aliphatic hydroxyl groups excluding tert-OH is 1. The summed E-state index contributed by atoms with van der Waals surface area (Å²) in [4.78, 5) is 12.0. The number of benzene rings is 1. The maximum absolute atomic E-state index is 12.0. The summed E-state index contributed by atoms with van der Waals surface area (Å²) in [5, 5.41) is 9.05. The van der Waals surface area contributed by atoms with E-state index in [9.17, 15) is 4.79 Å². The average molecular weight is 344 g/mol. The van der Waals surface area contributed by atoms with Gasteiger partial charge in [-0.3, -0.25) is 0 Å². The summed E-state index contributed by atoms with van der Waals surface area (Å²) in [5.41, 5.74) is 2.66.